The summed E-state index contributed by atoms with van der Waals surface area (Å²) < 4.78 is 41.2. The molecule has 6 rings (SSSR count). The first kappa shape index (κ1) is 32.0. The van der Waals surface area contributed by atoms with Gasteiger partial charge < -0.3 is 20.1 Å². The molecular weight excluding hydrogens is 615 g/mol. The molecule has 3 aromatic heterocycles. The molecule has 0 spiro atoms. The maximum Gasteiger partial charge on any atom is 0.393 e. The van der Waals surface area contributed by atoms with Crippen LogP contribution in [-0.2, 0) is 24.3 Å². The van der Waals surface area contributed by atoms with Crippen molar-refractivity contribution in [2.24, 2.45) is 0 Å². The third-order valence-corrected chi connectivity index (χ3v) is 10.1. The summed E-state index contributed by atoms with van der Waals surface area (Å²) in [4.78, 5) is 28.5. The van der Waals surface area contributed by atoms with Crippen LogP contribution < -0.4 is 10.6 Å². The number of anilines is 2. The quantitative estimate of drug-likeness (QED) is 0.265. The van der Waals surface area contributed by atoms with Crippen molar-refractivity contribution in [3.05, 3.63) is 46.0 Å². The van der Waals surface area contributed by atoms with E-state index < -0.39 is 12.6 Å². The van der Waals surface area contributed by atoms with Gasteiger partial charge in [-0.3, -0.25) is 14.6 Å². The monoisotopic (exact) mass is 653 g/mol. The molecule has 46 heavy (non-hydrogen) atoms. The lowest BCUT2D eigenvalue weighted by atomic mass is 10.0. The normalized spacial score (nSPS) is 17.2. The number of fused-ring (bicyclic) bond motifs is 2. The number of likely N-dealkylation sites (N-methyl/N-ethyl adjacent to an activating group) is 1. The van der Waals surface area contributed by atoms with E-state index >= 15 is 0 Å². The first-order chi connectivity index (χ1) is 22.0. The van der Waals surface area contributed by atoms with E-state index in [4.69, 9.17) is 0 Å². The second-order valence-electron chi connectivity index (χ2n) is 12.3. The van der Waals surface area contributed by atoms with Crippen LogP contribution in [0.15, 0.2) is 24.3 Å². The van der Waals surface area contributed by atoms with Crippen LogP contribution in [0.25, 0.3) is 21.1 Å². The fourth-order valence-electron chi connectivity index (χ4n) is 6.46. The van der Waals surface area contributed by atoms with Gasteiger partial charge in [-0.15, -0.1) is 11.3 Å². The number of nitrogens with zero attached hydrogens (tertiary/aromatic N) is 7. The Hall–Kier alpha value is -3.93. The maximum absolute atomic E-state index is 13.0. The summed E-state index contributed by atoms with van der Waals surface area (Å²) in [5.41, 5.74) is 3.96. The maximum atomic E-state index is 13.0. The smallest absolute Gasteiger partial charge is 0.367 e. The molecule has 2 aliphatic rings. The van der Waals surface area contributed by atoms with Crippen molar-refractivity contribution in [1.29, 1.82) is 5.26 Å². The fourth-order valence-corrected chi connectivity index (χ4v) is 7.52. The van der Waals surface area contributed by atoms with E-state index in [2.05, 4.69) is 50.6 Å². The number of hydrogen-bond donors (Lipinski definition) is 2. The molecule has 10 nitrogen and oxygen atoms in total. The molecule has 0 unspecified atom stereocenters. The van der Waals surface area contributed by atoms with Crippen molar-refractivity contribution in [2.75, 3.05) is 64.0 Å². The molecule has 1 amide bonds. The minimum atomic E-state index is -4.28. The number of hydrogen-bond acceptors (Lipinski definition) is 9. The van der Waals surface area contributed by atoms with E-state index in [-0.39, 0.29) is 16.8 Å². The number of carbonyl (C=O) groups excluding carboxylic acids is 1. The summed E-state index contributed by atoms with van der Waals surface area (Å²) in [6.45, 7) is 7.72. The molecule has 1 aromatic carbocycles. The van der Waals surface area contributed by atoms with Crippen LogP contribution in [0.4, 0.5) is 24.9 Å². The molecule has 0 aliphatic carbocycles. The number of likely N-dealkylation sites (tertiary alicyclic amines) is 1. The minimum Gasteiger partial charge on any atom is -0.367 e. The molecular formula is C32H38F3N9OS. The van der Waals surface area contributed by atoms with E-state index in [1.54, 1.807) is 13.1 Å². The number of halogens is 3. The zero-order chi connectivity index (χ0) is 32.6. The third kappa shape index (κ3) is 6.91. The molecule has 2 N–H and O–H groups in total. The molecule has 0 bridgehead atoms. The Morgan fingerprint density at radius 3 is 2.57 bits per heavy atom. The number of carbonyl (C=O) groups is 1. The highest BCUT2D eigenvalue weighted by molar-refractivity contribution is 7.18. The Bertz CT molecular complexity index is 1790. The summed E-state index contributed by atoms with van der Waals surface area (Å²) in [7, 11) is 3.64. The predicted octanol–water partition coefficient (Wildman–Crippen LogP) is 4.82. The number of piperidine rings is 1. The molecule has 2 aliphatic heterocycles. The number of piperazine rings is 1. The van der Waals surface area contributed by atoms with E-state index in [0.29, 0.717) is 53.9 Å². The largest absolute Gasteiger partial charge is 0.393 e. The van der Waals surface area contributed by atoms with Gasteiger partial charge >= 0.3 is 6.18 Å². The van der Waals surface area contributed by atoms with Gasteiger partial charge in [-0.2, -0.15) is 23.4 Å². The van der Waals surface area contributed by atoms with Crippen LogP contribution in [0, 0.1) is 18.3 Å². The fraction of sp³-hybridized carbons (Fsp3) is 0.500. The summed E-state index contributed by atoms with van der Waals surface area (Å²) in [5.74, 6) is 1.06. The molecule has 244 valence electrons. The highest BCUT2D eigenvalue weighted by atomic mass is 32.1. The molecule has 2 saturated heterocycles. The zero-order valence-electron chi connectivity index (χ0n) is 26.2. The van der Waals surface area contributed by atoms with Crippen molar-refractivity contribution in [1.82, 2.24) is 29.2 Å². The number of nitriles is 1. The third-order valence-electron chi connectivity index (χ3n) is 9.05. The molecule has 4 aromatic rings. The Labute approximate surface area is 269 Å². The van der Waals surface area contributed by atoms with Crippen LogP contribution in [0.1, 0.15) is 34.5 Å². The molecule has 0 saturated carbocycles. The van der Waals surface area contributed by atoms with Crippen molar-refractivity contribution in [3.8, 4) is 6.07 Å². The van der Waals surface area contributed by atoms with Crippen LogP contribution in [-0.4, -0.2) is 101 Å². The topological polar surface area (TPSA) is 105 Å². The van der Waals surface area contributed by atoms with Gasteiger partial charge in [0.25, 0.3) is 0 Å². The number of benzene rings is 1. The number of aromatic nitrogens is 3. The number of thiophene rings is 1. The minimum absolute atomic E-state index is 0.121. The lowest BCUT2D eigenvalue weighted by Crippen LogP contribution is -2.49. The summed E-state index contributed by atoms with van der Waals surface area (Å²) in [5, 5.41) is 18.0. The summed E-state index contributed by atoms with van der Waals surface area (Å²) >= 11 is 1.05. The van der Waals surface area contributed by atoms with Gasteiger partial charge in [0, 0.05) is 74.7 Å². The van der Waals surface area contributed by atoms with Gasteiger partial charge in [-0.05, 0) is 56.1 Å². The van der Waals surface area contributed by atoms with Crippen LogP contribution in [0.5, 0.6) is 0 Å². The van der Waals surface area contributed by atoms with Gasteiger partial charge in [-0.25, -0.2) is 4.98 Å². The first-order valence-electron chi connectivity index (χ1n) is 15.5. The van der Waals surface area contributed by atoms with Gasteiger partial charge in [0.2, 0.25) is 11.9 Å². The van der Waals surface area contributed by atoms with E-state index in [1.165, 1.54) is 5.56 Å². The van der Waals surface area contributed by atoms with E-state index in [0.717, 1.165) is 66.8 Å². The first-order valence-corrected chi connectivity index (χ1v) is 16.3. The van der Waals surface area contributed by atoms with Crippen molar-refractivity contribution in [3.63, 3.8) is 0 Å². The van der Waals surface area contributed by atoms with Crippen LogP contribution >= 0.6 is 11.3 Å². The number of amides is 1. The Kier molecular flexibility index (Phi) is 9.09. The van der Waals surface area contributed by atoms with Gasteiger partial charge in [0.15, 0.2) is 0 Å². The Morgan fingerprint density at radius 1 is 1.09 bits per heavy atom. The second kappa shape index (κ2) is 13.1. The van der Waals surface area contributed by atoms with Gasteiger partial charge in [-0.1, -0.05) is 6.07 Å². The van der Waals surface area contributed by atoms with Crippen LogP contribution in [0.2, 0.25) is 0 Å². The van der Waals surface area contributed by atoms with Gasteiger partial charge in [0.1, 0.15) is 22.4 Å². The summed E-state index contributed by atoms with van der Waals surface area (Å²) in [6.07, 6.45) is -3.54. The summed E-state index contributed by atoms with van der Waals surface area (Å²) in [6, 6.07) is 10.2. The highest BCUT2D eigenvalue weighted by Crippen LogP contribution is 2.35. The molecule has 0 atom stereocenters. The van der Waals surface area contributed by atoms with Gasteiger partial charge in [0.05, 0.1) is 18.4 Å². The second-order valence-corrected chi connectivity index (χ2v) is 13.4. The Morgan fingerprint density at radius 2 is 1.87 bits per heavy atom. The predicted molar refractivity (Wildman–Crippen MR) is 174 cm³/mol. The van der Waals surface area contributed by atoms with E-state index in [9.17, 15) is 23.2 Å². The standard InChI is InChI=1S/C32H38F3N9OS/c1-20-21(4-5-27-25(20)14-23(17-36)44(27)13-12-43-11-10-41(3)19-28(43)45)18-42-8-6-22(7-9-42)38-29-26-15-24(16-32(33,34)35)46-30(26)40-31(37-2)39-29/h4-5,14-15,22H,6-13,16,18-19H2,1-3H3,(H2,37,38,39,40). The average Bonchev–Trinajstić information content (AvgIpc) is 3.58. The lowest BCUT2D eigenvalue weighted by Gasteiger charge is -2.33. The van der Waals surface area contributed by atoms with Crippen molar-refractivity contribution >= 4 is 50.1 Å². The molecule has 14 heteroatoms. The molecule has 0 radical (unpaired) electrons. The number of rotatable bonds is 9. The molecule has 2 fully saturated rings. The number of aryl methyl sites for hydroxylation is 1. The number of alkyl halides is 3. The Balaban J connectivity index is 1.11. The van der Waals surface area contributed by atoms with Crippen molar-refractivity contribution < 1.29 is 18.0 Å². The highest BCUT2D eigenvalue weighted by Gasteiger charge is 2.30. The zero-order valence-corrected chi connectivity index (χ0v) is 27.1. The van der Waals surface area contributed by atoms with E-state index in [1.807, 2.05) is 27.5 Å². The van der Waals surface area contributed by atoms with Crippen LogP contribution in [0.3, 0.4) is 0 Å². The lowest BCUT2D eigenvalue weighted by molar-refractivity contribution is -0.135. The van der Waals surface area contributed by atoms with Crippen molar-refractivity contribution in [2.45, 2.75) is 51.5 Å². The SMILES string of the molecule is CNc1nc(NC2CCN(Cc3ccc4c(cc(C#N)n4CCN4CCN(C)CC4=O)c3C)CC2)c2cc(CC(F)(F)F)sc2n1. The number of nitrogens with one attached hydrogen (secondary N) is 2. The molecule has 5 heterocycles. The average molecular weight is 654 g/mol.